The van der Waals surface area contributed by atoms with Crippen LogP contribution in [0.15, 0.2) is 48.5 Å². The van der Waals surface area contributed by atoms with E-state index in [-0.39, 0.29) is 24.2 Å². The monoisotopic (exact) mass is 439 g/mol. The number of benzene rings is 2. The first-order valence-corrected chi connectivity index (χ1v) is 10.7. The fourth-order valence-corrected chi connectivity index (χ4v) is 3.62. The second-order valence-electron chi connectivity index (χ2n) is 7.75. The molecule has 2 aliphatic heterocycles. The van der Waals surface area contributed by atoms with Gasteiger partial charge in [-0.1, -0.05) is 6.07 Å². The van der Waals surface area contributed by atoms with Crippen molar-refractivity contribution in [3.8, 4) is 11.5 Å². The van der Waals surface area contributed by atoms with Crippen molar-refractivity contribution in [3.63, 3.8) is 0 Å². The molecule has 0 atom stereocenters. The number of hydrogen-bond donors (Lipinski definition) is 1. The van der Waals surface area contributed by atoms with Crippen LogP contribution in [0.25, 0.3) is 6.08 Å². The van der Waals surface area contributed by atoms with Gasteiger partial charge < -0.3 is 19.7 Å². The Kier molecular flexibility index (Phi) is 7.01. The Bertz CT molecular complexity index is 985. The number of carbonyl (C=O) groups is 2. The van der Waals surface area contributed by atoms with Gasteiger partial charge in [-0.2, -0.15) is 0 Å². The summed E-state index contributed by atoms with van der Waals surface area (Å²) in [7, 11) is 0. The number of rotatable bonds is 5. The molecule has 168 valence electrons. The van der Waals surface area contributed by atoms with Crippen LogP contribution in [0, 0.1) is 5.82 Å². The molecule has 2 aromatic carbocycles. The van der Waals surface area contributed by atoms with Gasteiger partial charge in [0.2, 0.25) is 11.8 Å². The maximum absolute atomic E-state index is 13.0. The standard InChI is InChI=1S/C24H26FN3O4/c25-19-4-6-20(7-5-19)26-23(29)17-27-10-12-28(13-11-27)24(30)9-3-18-2-8-21-22(16-18)32-15-1-14-31-21/h2-9,16H,1,10-15,17H2,(H,26,29). The summed E-state index contributed by atoms with van der Waals surface area (Å²) in [5.41, 5.74) is 1.43. The van der Waals surface area contributed by atoms with Crippen LogP contribution in [0.4, 0.5) is 10.1 Å². The molecule has 1 fully saturated rings. The molecule has 8 heteroatoms. The lowest BCUT2D eigenvalue weighted by molar-refractivity contribution is -0.127. The Labute approximate surface area is 186 Å². The fourth-order valence-electron chi connectivity index (χ4n) is 3.62. The topological polar surface area (TPSA) is 71.1 Å². The Hall–Kier alpha value is -3.39. The van der Waals surface area contributed by atoms with Crippen molar-refractivity contribution >= 4 is 23.6 Å². The molecule has 0 saturated carbocycles. The van der Waals surface area contributed by atoms with E-state index in [1.807, 2.05) is 23.1 Å². The highest BCUT2D eigenvalue weighted by Gasteiger charge is 2.21. The smallest absolute Gasteiger partial charge is 0.246 e. The van der Waals surface area contributed by atoms with Gasteiger partial charge in [-0.25, -0.2) is 4.39 Å². The summed E-state index contributed by atoms with van der Waals surface area (Å²) in [6.45, 7) is 3.81. The molecule has 1 N–H and O–H groups in total. The van der Waals surface area contributed by atoms with Crippen LogP contribution in [0.2, 0.25) is 0 Å². The highest BCUT2D eigenvalue weighted by atomic mass is 19.1. The zero-order valence-corrected chi connectivity index (χ0v) is 17.8. The quantitative estimate of drug-likeness (QED) is 0.726. The average molecular weight is 439 g/mol. The number of amides is 2. The average Bonchev–Trinajstić information content (AvgIpc) is 3.04. The predicted molar refractivity (Wildman–Crippen MR) is 119 cm³/mol. The van der Waals surface area contributed by atoms with Crippen LogP contribution in [0.3, 0.4) is 0 Å². The van der Waals surface area contributed by atoms with Gasteiger partial charge in [-0.15, -0.1) is 0 Å². The number of carbonyl (C=O) groups excluding carboxylic acids is 2. The molecule has 0 spiro atoms. The van der Waals surface area contributed by atoms with E-state index in [1.54, 1.807) is 17.1 Å². The largest absolute Gasteiger partial charge is 0.490 e. The minimum atomic E-state index is -0.345. The number of anilines is 1. The third-order valence-electron chi connectivity index (χ3n) is 5.37. The summed E-state index contributed by atoms with van der Waals surface area (Å²) in [5, 5.41) is 2.76. The Morgan fingerprint density at radius 3 is 2.44 bits per heavy atom. The number of nitrogens with one attached hydrogen (secondary N) is 1. The van der Waals surface area contributed by atoms with Crippen LogP contribution >= 0.6 is 0 Å². The third-order valence-corrected chi connectivity index (χ3v) is 5.37. The normalized spacial score (nSPS) is 16.6. The van der Waals surface area contributed by atoms with Crippen LogP contribution < -0.4 is 14.8 Å². The Morgan fingerprint density at radius 2 is 1.69 bits per heavy atom. The van der Waals surface area contributed by atoms with Gasteiger partial charge in [0, 0.05) is 44.4 Å². The zero-order chi connectivity index (χ0) is 22.3. The first-order valence-electron chi connectivity index (χ1n) is 10.7. The summed E-state index contributed by atoms with van der Waals surface area (Å²) in [4.78, 5) is 28.5. The summed E-state index contributed by atoms with van der Waals surface area (Å²) < 4.78 is 24.3. The lowest BCUT2D eigenvalue weighted by atomic mass is 10.2. The third kappa shape index (κ3) is 5.85. The fraction of sp³-hybridized carbons (Fsp3) is 0.333. The van der Waals surface area contributed by atoms with Crippen molar-refractivity contribution in [1.82, 2.24) is 9.80 Å². The van der Waals surface area contributed by atoms with Crippen molar-refractivity contribution < 1.29 is 23.5 Å². The van der Waals surface area contributed by atoms with Crippen molar-refractivity contribution in [2.75, 3.05) is 51.3 Å². The molecule has 0 aliphatic carbocycles. The summed E-state index contributed by atoms with van der Waals surface area (Å²) in [6.07, 6.45) is 4.19. The van der Waals surface area contributed by atoms with E-state index < -0.39 is 0 Å². The van der Waals surface area contributed by atoms with Crippen LogP contribution in [0.1, 0.15) is 12.0 Å². The SMILES string of the molecule is O=C(CN1CCN(C(=O)C=Cc2ccc3c(c2)OCCCO3)CC1)Nc1ccc(F)cc1. The van der Waals surface area contributed by atoms with E-state index in [0.717, 1.165) is 17.7 Å². The van der Waals surface area contributed by atoms with Crippen molar-refractivity contribution in [2.45, 2.75) is 6.42 Å². The van der Waals surface area contributed by atoms with E-state index in [1.165, 1.54) is 24.3 Å². The molecular weight excluding hydrogens is 413 g/mol. The number of hydrogen-bond acceptors (Lipinski definition) is 5. The number of piperazine rings is 1. The Balaban J connectivity index is 1.24. The molecule has 2 aromatic rings. The highest BCUT2D eigenvalue weighted by Crippen LogP contribution is 2.30. The van der Waals surface area contributed by atoms with Crippen molar-refractivity contribution in [3.05, 3.63) is 59.9 Å². The second-order valence-corrected chi connectivity index (χ2v) is 7.75. The molecule has 1 saturated heterocycles. The van der Waals surface area contributed by atoms with Gasteiger partial charge in [0.25, 0.3) is 0 Å². The van der Waals surface area contributed by atoms with Crippen LogP contribution in [0.5, 0.6) is 11.5 Å². The first kappa shape index (κ1) is 21.8. The zero-order valence-electron chi connectivity index (χ0n) is 17.8. The van der Waals surface area contributed by atoms with E-state index in [2.05, 4.69) is 5.32 Å². The first-order chi connectivity index (χ1) is 15.6. The molecule has 2 amide bonds. The van der Waals surface area contributed by atoms with E-state index in [9.17, 15) is 14.0 Å². The molecule has 32 heavy (non-hydrogen) atoms. The van der Waals surface area contributed by atoms with E-state index >= 15 is 0 Å². The lowest BCUT2D eigenvalue weighted by Crippen LogP contribution is -2.50. The molecule has 2 heterocycles. The van der Waals surface area contributed by atoms with Crippen molar-refractivity contribution in [1.29, 1.82) is 0 Å². The van der Waals surface area contributed by atoms with Gasteiger partial charge in [-0.05, 0) is 48.0 Å². The Morgan fingerprint density at radius 1 is 0.969 bits per heavy atom. The van der Waals surface area contributed by atoms with Gasteiger partial charge in [0.15, 0.2) is 11.5 Å². The molecule has 0 aromatic heterocycles. The maximum atomic E-state index is 13.0. The second kappa shape index (κ2) is 10.3. The van der Waals surface area contributed by atoms with E-state index in [0.29, 0.717) is 50.8 Å². The molecule has 2 aliphatic rings. The van der Waals surface area contributed by atoms with Gasteiger partial charge in [0.1, 0.15) is 5.82 Å². The molecule has 0 bridgehead atoms. The van der Waals surface area contributed by atoms with Gasteiger partial charge >= 0.3 is 0 Å². The summed E-state index contributed by atoms with van der Waals surface area (Å²) in [6, 6.07) is 11.3. The van der Waals surface area contributed by atoms with Gasteiger partial charge in [0.05, 0.1) is 19.8 Å². The number of halogens is 1. The highest BCUT2D eigenvalue weighted by molar-refractivity contribution is 5.93. The van der Waals surface area contributed by atoms with Crippen molar-refractivity contribution in [2.24, 2.45) is 0 Å². The van der Waals surface area contributed by atoms with Crippen LogP contribution in [-0.2, 0) is 9.59 Å². The molecular formula is C24H26FN3O4. The minimum Gasteiger partial charge on any atom is -0.490 e. The van der Waals surface area contributed by atoms with Crippen LogP contribution in [-0.4, -0.2) is 67.6 Å². The molecule has 0 radical (unpaired) electrons. The summed E-state index contributed by atoms with van der Waals surface area (Å²) >= 11 is 0. The molecule has 4 rings (SSSR count). The lowest BCUT2D eigenvalue weighted by Gasteiger charge is -2.33. The van der Waals surface area contributed by atoms with Gasteiger partial charge in [-0.3, -0.25) is 14.5 Å². The maximum Gasteiger partial charge on any atom is 0.246 e. The molecule has 0 unspecified atom stereocenters. The number of nitrogens with zero attached hydrogens (tertiary/aromatic N) is 2. The number of fused-ring (bicyclic) bond motifs is 1. The molecule has 7 nitrogen and oxygen atoms in total. The van der Waals surface area contributed by atoms with E-state index in [4.69, 9.17) is 9.47 Å². The predicted octanol–water partition coefficient (Wildman–Crippen LogP) is 2.78. The minimum absolute atomic E-state index is 0.0625. The number of ether oxygens (including phenoxy) is 2. The summed E-state index contributed by atoms with van der Waals surface area (Å²) in [5.74, 6) is 0.857.